The highest BCUT2D eigenvalue weighted by Gasteiger charge is 2.18. The maximum Gasteiger partial charge on any atom is 0.0278 e. The Hall–Kier alpha value is -0.540. The van der Waals surface area contributed by atoms with Gasteiger partial charge in [-0.05, 0) is 32.0 Å². The monoisotopic (exact) mass is 238 g/mol. The van der Waals surface area contributed by atoms with Crippen LogP contribution in [0.1, 0.15) is 33.1 Å². The number of hydrogen-bond donors (Lipinski definition) is 1. The van der Waals surface area contributed by atoms with Crippen molar-refractivity contribution in [2.45, 2.75) is 49.3 Å². The molecule has 0 saturated carbocycles. The van der Waals surface area contributed by atoms with E-state index >= 15 is 0 Å². The lowest BCUT2D eigenvalue weighted by molar-refractivity contribution is 0.490. The summed E-state index contributed by atoms with van der Waals surface area (Å²) in [5.74, 6) is 0. The number of nitrogens with one attached hydrogen (secondary N) is 1. The third-order valence-electron chi connectivity index (χ3n) is 2.76. The van der Waals surface area contributed by atoms with Gasteiger partial charge in [-0.1, -0.05) is 20.3 Å². The van der Waals surface area contributed by atoms with E-state index in [1.165, 1.54) is 24.2 Å². The maximum absolute atomic E-state index is 4.05. The summed E-state index contributed by atoms with van der Waals surface area (Å²) < 4.78 is 0. The Balaban J connectivity index is 2.60. The number of hydrogen-bond acceptors (Lipinski definition) is 3. The lowest BCUT2D eigenvalue weighted by Crippen LogP contribution is -2.35. The van der Waals surface area contributed by atoms with Gasteiger partial charge < -0.3 is 5.32 Å². The number of nitrogens with zero attached hydrogens (tertiary/aromatic N) is 1. The summed E-state index contributed by atoms with van der Waals surface area (Å²) in [7, 11) is 2.07. The first-order valence-electron chi connectivity index (χ1n) is 6.05. The Bertz CT molecular complexity index is 277. The van der Waals surface area contributed by atoms with Gasteiger partial charge >= 0.3 is 0 Å². The van der Waals surface area contributed by atoms with Gasteiger partial charge in [0.05, 0.1) is 0 Å². The molecule has 2 unspecified atom stereocenters. The molecule has 1 N–H and O–H groups in total. The van der Waals surface area contributed by atoms with Crippen molar-refractivity contribution in [3.05, 3.63) is 24.5 Å². The molecule has 1 aromatic heterocycles. The molecular formula is C13H22N2S. The molecule has 0 fully saturated rings. The fraction of sp³-hybridized carbons (Fsp3) is 0.615. The van der Waals surface area contributed by atoms with Crippen LogP contribution in [0.4, 0.5) is 0 Å². The molecule has 0 bridgehead atoms. The molecular weight excluding hydrogens is 216 g/mol. The van der Waals surface area contributed by atoms with Crippen LogP contribution in [0.25, 0.3) is 0 Å². The molecule has 0 amide bonds. The van der Waals surface area contributed by atoms with Crippen LogP contribution in [0.5, 0.6) is 0 Å². The molecule has 3 heteroatoms. The number of thioether (sulfide) groups is 1. The van der Waals surface area contributed by atoms with E-state index in [4.69, 9.17) is 0 Å². The minimum atomic E-state index is 0.605. The second-order valence-corrected chi connectivity index (χ2v) is 5.24. The zero-order valence-electron chi connectivity index (χ0n) is 10.4. The van der Waals surface area contributed by atoms with Crippen LogP contribution in [0.15, 0.2) is 29.4 Å². The van der Waals surface area contributed by atoms with E-state index in [0.717, 1.165) is 0 Å². The van der Waals surface area contributed by atoms with E-state index in [1.54, 1.807) is 0 Å². The highest BCUT2D eigenvalue weighted by molar-refractivity contribution is 8.00. The van der Waals surface area contributed by atoms with Gasteiger partial charge in [-0.15, -0.1) is 11.8 Å². The normalized spacial score (nSPS) is 14.7. The average Bonchev–Trinajstić information content (AvgIpc) is 2.35. The number of rotatable bonds is 7. The Morgan fingerprint density at radius 3 is 2.50 bits per heavy atom. The first-order valence-corrected chi connectivity index (χ1v) is 6.93. The average molecular weight is 238 g/mol. The highest BCUT2D eigenvalue weighted by atomic mass is 32.2. The van der Waals surface area contributed by atoms with Crippen LogP contribution in [0.3, 0.4) is 0 Å². The van der Waals surface area contributed by atoms with E-state index in [2.05, 4.69) is 43.3 Å². The van der Waals surface area contributed by atoms with Crippen molar-refractivity contribution in [2.75, 3.05) is 7.05 Å². The first-order chi connectivity index (χ1) is 7.81. The summed E-state index contributed by atoms with van der Waals surface area (Å²) in [5, 5.41) is 4.08. The van der Waals surface area contributed by atoms with Crippen molar-refractivity contribution in [2.24, 2.45) is 0 Å². The van der Waals surface area contributed by atoms with Crippen molar-refractivity contribution >= 4 is 11.8 Å². The molecule has 0 radical (unpaired) electrons. The van der Waals surface area contributed by atoms with E-state index in [0.29, 0.717) is 11.3 Å². The third kappa shape index (κ3) is 4.14. The van der Waals surface area contributed by atoms with Gasteiger partial charge in [0.2, 0.25) is 0 Å². The van der Waals surface area contributed by atoms with Crippen molar-refractivity contribution in [1.82, 2.24) is 10.3 Å². The standard InChI is InChI=1S/C13H22N2S/c1-4-6-12(14-3)13(5-2)16-11-7-9-15-10-8-11/h7-10,12-14H,4-6H2,1-3H3. The summed E-state index contributed by atoms with van der Waals surface area (Å²) in [6.07, 6.45) is 7.40. The molecule has 16 heavy (non-hydrogen) atoms. The Labute approximate surface area is 103 Å². The topological polar surface area (TPSA) is 24.9 Å². The minimum Gasteiger partial charge on any atom is -0.316 e. The smallest absolute Gasteiger partial charge is 0.0278 e. The fourth-order valence-corrected chi connectivity index (χ4v) is 3.10. The van der Waals surface area contributed by atoms with E-state index in [9.17, 15) is 0 Å². The second-order valence-electron chi connectivity index (χ2n) is 3.93. The Kier molecular flexibility index (Phi) is 6.50. The largest absolute Gasteiger partial charge is 0.316 e. The molecule has 0 spiro atoms. The van der Waals surface area contributed by atoms with Crippen molar-refractivity contribution in [3.8, 4) is 0 Å². The van der Waals surface area contributed by atoms with Crippen LogP contribution in [-0.2, 0) is 0 Å². The molecule has 0 saturated heterocycles. The van der Waals surface area contributed by atoms with Gasteiger partial charge in [-0.2, -0.15) is 0 Å². The summed E-state index contributed by atoms with van der Waals surface area (Å²) in [6.45, 7) is 4.51. The first kappa shape index (κ1) is 13.5. The summed E-state index contributed by atoms with van der Waals surface area (Å²) >= 11 is 1.96. The van der Waals surface area contributed by atoms with E-state index in [1.807, 2.05) is 24.2 Å². The molecule has 2 nitrogen and oxygen atoms in total. The number of pyridine rings is 1. The molecule has 0 aliphatic carbocycles. The molecule has 1 aromatic rings. The maximum atomic E-state index is 4.05. The predicted molar refractivity (Wildman–Crippen MR) is 71.9 cm³/mol. The highest BCUT2D eigenvalue weighted by Crippen LogP contribution is 2.28. The fourth-order valence-electron chi connectivity index (χ4n) is 1.87. The van der Waals surface area contributed by atoms with Crippen molar-refractivity contribution in [1.29, 1.82) is 0 Å². The second kappa shape index (κ2) is 7.69. The molecule has 1 heterocycles. The van der Waals surface area contributed by atoms with Crippen LogP contribution < -0.4 is 5.32 Å². The van der Waals surface area contributed by atoms with Crippen LogP contribution in [0.2, 0.25) is 0 Å². The zero-order chi connectivity index (χ0) is 11.8. The predicted octanol–water partition coefficient (Wildman–Crippen LogP) is 3.34. The van der Waals surface area contributed by atoms with Crippen molar-refractivity contribution in [3.63, 3.8) is 0 Å². The molecule has 0 aliphatic heterocycles. The summed E-state index contributed by atoms with van der Waals surface area (Å²) in [6, 6.07) is 4.78. The molecule has 90 valence electrons. The minimum absolute atomic E-state index is 0.605. The van der Waals surface area contributed by atoms with Gasteiger partial charge in [-0.25, -0.2) is 0 Å². The van der Waals surface area contributed by atoms with Crippen LogP contribution >= 0.6 is 11.8 Å². The van der Waals surface area contributed by atoms with E-state index < -0.39 is 0 Å². The van der Waals surface area contributed by atoms with Crippen molar-refractivity contribution < 1.29 is 0 Å². The van der Waals surface area contributed by atoms with E-state index in [-0.39, 0.29) is 0 Å². The van der Waals surface area contributed by atoms with Crippen LogP contribution in [0, 0.1) is 0 Å². The molecule has 0 aliphatic rings. The van der Waals surface area contributed by atoms with Crippen LogP contribution in [-0.4, -0.2) is 23.3 Å². The molecule has 1 rings (SSSR count). The Morgan fingerprint density at radius 1 is 1.31 bits per heavy atom. The van der Waals surface area contributed by atoms with Gasteiger partial charge in [-0.3, -0.25) is 4.98 Å². The Morgan fingerprint density at radius 2 is 2.00 bits per heavy atom. The van der Waals surface area contributed by atoms with Gasteiger partial charge in [0.25, 0.3) is 0 Å². The zero-order valence-corrected chi connectivity index (χ0v) is 11.3. The molecule has 2 atom stereocenters. The third-order valence-corrected chi connectivity index (χ3v) is 4.27. The lowest BCUT2D eigenvalue weighted by Gasteiger charge is -2.25. The number of aromatic nitrogens is 1. The summed E-state index contributed by atoms with van der Waals surface area (Å²) in [4.78, 5) is 5.37. The van der Waals surface area contributed by atoms with Gasteiger partial charge in [0, 0.05) is 28.6 Å². The lowest BCUT2D eigenvalue weighted by atomic mass is 10.1. The quantitative estimate of drug-likeness (QED) is 0.737. The van der Waals surface area contributed by atoms with Gasteiger partial charge in [0.15, 0.2) is 0 Å². The molecule has 0 aromatic carbocycles. The SMILES string of the molecule is CCCC(NC)C(CC)Sc1ccncc1. The summed E-state index contributed by atoms with van der Waals surface area (Å²) in [5.41, 5.74) is 0. The van der Waals surface area contributed by atoms with Gasteiger partial charge in [0.1, 0.15) is 0 Å².